The van der Waals surface area contributed by atoms with Crippen LogP contribution in [0.25, 0.3) is 0 Å². The summed E-state index contributed by atoms with van der Waals surface area (Å²) in [5, 5.41) is 3.35. The average molecular weight is 514 g/mol. The molecule has 0 unspecified atom stereocenters. The Labute approximate surface area is 189 Å². The number of piperidine rings is 1. The Kier molecular flexibility index (Phi) is 9.19. The molecule has 0 spiro atoms. The van der Waals surface area contributed by atoms with E-state index in [4.69, 9.17) is 4.74 Å². The van der Waals surface area contributed by atoms with Gasteiger partial charge >= 0.3 is 5.97 Å². The second-order valence-corrected chi connectivity index (χ2v) is 7.29. The Bertz CT molecular complexity index is 732. The van der Waals surface area contributed by atoms with Gasteiger partial charge < -0.3 is 19.9 Å². The molecular formula is C21H31IN4O3. The van der Waals surface area contributed by atoms with Crippen LogP contribution in [0.4, 0.5) is 5.69 Å². The number of carbonyl (C=O) groups is 2. The molecule has 160 valence electrons. The fourth-order valence-electron chi connectivity index (χ4n) is 4.00. The normalized spacial score (nSPS) is 16.8. The van der Waals surface area contributed by atoms with Crippen LogP contribution in [0.15, 0.2) is 29.3 Å². The number of guanidine groups is 1. The predicted octanol–water partition coefficient (Wildman–Crippen LogP) is 2.43. The first-order valence-electron chi connectivity index (χ1n) is 10.1. The zero-order chi connectivity index (χ0) is 19.9. The molecule has 0 radical (unpaired) electrons. The first kappa shape index (κ1) is 23.4. The number of rotatable bonds is 5. The van der Waals surface area contributed by atoms with Gasteiger partial charge in [-0.2, -0.15) is 0 Å². The van der Waals surface area contributed by atoms with Crippen molar-refractivity contribution in [3.05, 3.63) is 29.8 Å². The molecule has 0 atom stereocenters. The summed E-state index contributed by atoms with van der Waals surface area (Å²) in [7, 11) is 3.21. The van der Waals surface area contributed by atoms with Crippen LogP contribution in [0, 0.1) is 5.92 Å². The highest BCUT2D eigenvalue weighted by molar-refractivity contribution is 14.0. The molecule has 29 heavy (non-hydrogen) atoms. The number of amides is 1. The van der Waals surface area contributed by atoms with Gasteiger partial charge in [-0.3, -0.25) is 14.6 Å². The molecule has 1 amide bonds. The Morgan fingerprint density at radius 1 is 1.21 bits per heavy atom. The SMILES string of the molecule is CN=C(NCCCC(=O)N1CCc2ccccc21)N1CCC(C(=O)OC)CC1.I. The summed E-state index contributed by atoms with van der Waals surface area (Å²) in [6.07, 6.45) is 3.77. The third kappa shape index (κ3) is 5.83. The number of hydrogen-bond acceptors (Lipinski definition) is 4. The van der Waals surface area contributed by atoms with Gasteiger partial charge in [0.2, 0.25) is 5.91 Å². The molecule has 1 saturated heterocycles. The van der Waals surface area contributed by atoms with E-state index in [9.17, 15) is 9.59 Å². The fourth-order valence-corrected chi connectivity index (χ4v) is 4.00. The second kappa shape index (κ2) is 11.4. The van der Waals surface area contributed by atoms with Crippen LogP contribution in [0.1, 0.15) is 31.2 Å². The lowest BCUT2D eigenvalue weighted by molar-refractivity contribution is -0.146. The van der Waals surface area contributed by atoms with E-state index in [1.807, 2.05) is 23.1 Å². The Morgan fingerprint density at radius 3 is 2.62 bits per heavy atom. The van der Waals surface area contributed by atoms with Gasteiger partial charge in [-0.05, 0) is 37.3 Å². The molecule has 1 N–H and O–H groups in total. The molecule has 0 aromatic heterocycles. The van der Waals surface area contributed by atoms with Gasteiger partial charge in [0.05, 0.1) is 13.0 Å². The van der Waals surface area contributed by atoms with Gasteiger partial charge in [-0.25, -0.2) is 0 Å². The highest BCUT2D eigenvalue weighted by atomic mass is 127. The fraction of sp³-hybridized carbons (Fsp3) is 0.571. The lowest BCUT2D eigenvalue weighted by atomic mass is 9.97. The van der Waals surface area contributed by atoms with Gasteiger partial charge in [0.15, 0.2) is 5.96 Å². The minimum Gasteiger partial charge on any atom is -0.469 e. The summed E-state index contributed by atoms with van der Waals surface area (Å²) in [5.41, 5.74) is 2.31. The molecule has 3 rings (SSSR count). The number of fused-ring (bicyclic) bond motifs is 1. The second-order valence-electron chi connectivity index (χ2n) is 7.29. The van der Waals surface area contributed by atoms with Crippen molar-refractivity contribution in [1.29, 1.82) is 0 Å². The topological polar surface area (TPSA) is 74.2 Å². The van der Waals surface area contributed by atoms with Crippen LogP contribution in [0.3, 0.4) is 0 Å². The van der Waals surface area contributed by atoms with Crippen LogP contribution in [0.5, 0.6) is 0 Å². The molecule has 1 aromatic rings. The number of para-hydroxylation sites is 1. The maximum absolute atomic E-state index is 12.6. The van der Waals surface area contributed by atoms with Gasteiger partial charge in [0.1, 0.15) is 0 Å². The maximum Gasteiger partial charge on any atom is 0.308 e. The number of hydrogen-bond donors (Lipinski definition) is 1. The van der Waals surface area contributed by atoms with Crippen LogP contribution < -0.4 is 10.2 Å². The van der Waals surface area contributed by atoms with Crippen molar-refractivity contribution < 1.29 is 14.3 Å². The quantitative estimate of drug-likeness (QED) is 0.215. The molecule has 7 nitrogen and oxygen atoms in total. The summed E-state index contributed by atoms with van der Waals surface area (Å²) < 4.78 is 4.84. The zero-order valence-corrected chi connectivity index (χ0v) is 19.6. The van der Waals surface area contributed by atoms with Gasteiger partial charge in [-0.1, -0.05) is 18.2 Å². The number of ether oxygens (including phenoxy) is 1. The van der Waals surface area contributed by atoms with Crippen molar-refractivity contribution >= 4 is 47.5 Å². The Balaban J connectivity index is 0.00000300. The summed E-state index contributed by atoms with van der Waals surface area (Å²) >= 11 is 0. The van der Waals surface area contributed by atoms with E-state index < -0.39 is 0 Å². The Morgan fingerprint density at radius 2 is 1.93 bits per heavy atom. The summed E-state index contributed by atoms with van der Waals surface area (Å²) in [6, 6.07) is 8.13. The number of benzene rings is 1. The van der Waals surface area contributed by atoms with Crippen LogP contribution in [0.2, 0.25) is 0 Å². The number of methoxy groups -OCH3 is 1. The summed E-state index contributed by atoms with van der Waals surface area (Å²) in [4.78, 5) is 32.6. The monoisotopic (exact) mass is 514 g/mol. The summed E-state index contributed by atoms with van der Waals surface area (Å²) in [5.74, 6) is 0.882. The van der Waals surface area contributed by atoms with Crippen molar-refractivity contribution in [2.24, 2.45) is 10.9 Å². The molecule has 2 heterocycles. The number of nitrogens with zero attached hydrogens (tertiary/aromatic N) is 3. The molecule has 1 aromatic carbocycles. The van der Waals surface area contributed by atoms with Gasteiger partial charge in [0, 0.05) is 45.3 Å². The van der Waals surface area contributed by atoms with Crippen molar-refractivity contribution in [2.45, 2.75) is 32.1 Å². The molecule has 1 fully saturated rings. The minimum atomic E-state index is -0.121. The predicted molar refractivity (Wildman–Crippen MR) is 125 cm³/mol. The van der Waals surface area contributed by atoms with Crippen LogP contribution in [-0.2, 0) is 20.7 Å². The van der Waals surface area contributed by atoms with Crippen molar-refractivity contribution in [1.82, 2.24) is 10.2 Å². The molecule has 2 aliphatic heterocycles. The van der Waals surface area contributed by atoms with Crippen molar-refractivity contribution in [3.63, 3.8) is 0 Å². The van der Waals surface area contributed by atoms with E-state index >= 15 is 0 Å². The molecule has 8 heteroatoms. The third-order valence-corrected chi connectivity index (χ3v) is 5.58. The number of likely N-dealkylation sites (tertiary alicyclic amines) is 1. The highest BCUT2D eigenvalue weighted by Crippen LogP contribution is 2.28. The number of anilines is 1. The summed E-state index contributed by atoms with van der Waals surface area (Å²) in [6.45, 7) is 3.04. The van der Waals surface area contributed by atoms with E-state index in [1.54, 1.807) is 7.05 Å². The number of esters is 1. The molecule has 0 aliphatic carbocycles. The van der Waals surface area contributed by atoms with Gasteiger partial charge in [0.25, 0.3) is 0 Å². The smallest absolute Gasteiger partial charge is 0.308 e. The third-order valence-electron chi connectivity index (χ3n) is 5.58. The standard InChI is InChI=1S/C21H30N4O3.HI/c1-22-21(24-13-9-17(10-14-24)20(27)28-2)23-12-5-8-19(26)25-15-11-16-6-3-4-7-18(16)25;/h3-4,6-7,17H,5,8-15H2,1-2H3,(H,22,23);1H. The lowest BCUT2D eigenvalue weighted by Crippen LogP contribution is -2.47. The molecule has 0 saturated carbocycles. The number of carbonyl (C=O) groups excluding carboxylic acids is 2. The first-order chi connectivity index (χ1) is 13.6. The van der Waals surface area contributed by atoms with E-state index in [0.717, 1.165) is 57.0 Å². The van der Waals surface area contributed by atoms with E-state index in [0.29, 0.717) is 13.0 Å². The van der Waals surface area contributed by atoms with E-state index in [1.165, 1.54) is 12.7 Å². The van der Waals surface area contributed by atoms with Crippen molar-refractivity contribution in [2.75, 3.05) is 45.2 Å². The number of aliphatic imine (C=N–C) groups is 1. The highest BCUT2D eigenvalue weighted by Gasteiger charge is 2.27. The van der Waals surface area contributed by atoms with Crippen LogP contribution >= 0.6 is 24.0 Å². The average Bonchev–Trinajstić information content (AvgIpc) is 3.17. The molecular weight excluding hydrogens is 483 g/mol. The van der Waals surface area contributed by atoms with E-state index in [-0.39, 0.29) is 41.8 Å². The molecule has 0 bridgehead atoms. The number of halogens is 1. The maximum atomic E-state index is 12.6. The molecule has 2 aliphatic rings. The largest absolute Gasteiger partial charge is 0.469 e. The van der Waals surface area contributed by atoms with Gasteiger partial charge in [-0.15, -0.1) is 24.0 Å². The lowest BCUT2D eigenvalue weighted by Gasteiger charge is -2.33. The van der Waals surface area contributed by atoms with E-state index in [2.05, 4.69) is 21.3 Å². The Hall–Kier alpha value is -1.84. The minimum absolute atomic E-state index is 0. The van der Waals surface area contributed by atoms with Crippen LogP contribution in [-0.4, -0.2) is 63.1 Å². The zero-order valence-electron chi connectivity index (χ0n) is 17.2. The first-order valence-corrected chi connectivity index (χ1v) is 10.1. The van der Waals surface area contributed by atoms with Crippen molar-refractivity contribution in [3.8, 4) is 0 Å². The number of nitrogens with one attached hydrogen (secondary N) is 1.